The minimum atomic E-state index is -0.495. The fourth-order valence-corrected chi connectivity index (χ4v) is 2.94. The van der Waals surface area contributed by atoms with Gasteiger partial charge in [-0.3, -0.25) is 0 Å². The summed E-state index contributed by atoms with van der Waals surface area (Å²) in [5, 5.41) is 18.5. The third-order valence-electron chi connectivity index (χ3n) is 4.14. The van der Waals surface area contributed by atoms with E-state index in [1.165, 1.54) is 16.3 Å². The van der Waals surface area contributed by atoms with Crippen molar-refractivity contribution in [3.05, 3.63) is 58.3 Å². The molecule has 1 aromatic carbocycles. The molecule has 1 N–H and O–H groups in total. The summed E-state index contributed by atoms with van der Waals surface area (Å²) < 4.78 is 6.90. The average molecular weight is 325 g/mol. The lowest BCUT2D eigenvalue weighted by Gasteiger charge is -2.26. The number of nitrogens with one attached hydrogen (secondary N) is 1. The lowest BCUT2D eigenvalue weighted by atomic mass is 9.93. The molecule has 1 aliphatic rings. The highest BCUT2D eigenvalue weighted by Gasteiger charge is 2.21. The van der Waals surface area contributed by atoms with Crippen LogP contribution in [0.5, 0.6) is 5.75 Å². The van der Waals surface area contributed by atoms with Crippen LogP contribution < -0.4 is 10.1 Å². The summed E-state index contributed by atoms with van der Waals surface area (Å²) in [4.78, 5) is 14.5. The number of anilines is 1. The molecule has 2 aromatic heterocycles. The van der Waals surface area contributed by atoms with Crippen molar-refractivity contribution in [2.24, 2.45) is 0 Å². The van der Waals surface area contributed by atoms with Crippen molar-refractivity contribution < 1.29 is 9.66 Å². The number of nitro groups is 1. The molecule has 3 aromatic rings. The molecule has 8 heteroatoms. The average Bonchev–Trinajstić information content (AvgIpc) is 3.03. The number of imidazole rings is 1. The molecule has 0 radical (unpaired) electrons. The summed E-state index contributed by atoms with van der Waals surface area (Å²) in [6.07, 6.45) is 2.12. The molecule has 8 nitrogen and oxygen atoms in total. The number of benzene rings is 1. The van der Waals surface area contributed by atoms with Crippen LogP contribution in [0.3, 0.4) is 0 Å². The van der Waals surface area contributed by atoms with Gasteiger partial charge in [0, 0.05) is 18.5 Å². The third kappa shape index (κ3) is 2.51. The first-order valence-corrected chi connectivity index (χ1v) is 7.67. The van der Waals surface area contributed by atoms with Crippen molar-refractivity contribution in [1.82, 2.24) is 14.6 Å². The van der Waals surface area contributed by atoms with Crippen LogP contribution in [0.15, 0.2) is 42.6 Å². The quantitative estimate of drug-likeness (QED) is 0.585. The number of rotatable bonds is 4. The summed E-state index contributed by atoms with van der Waals surface area (Å²) in [7, 11) is 0. The van der Waals surface area contributed by atoms with Gasteiger partial charge in [-0.1, -0.05) is 27.8 Å². The second-order valence-electron chi connectivity index (χ2n) is 5.61. The van der Waals surface area contributed by atoms with Gasteiger partial charge in [0.1, 0.15) is 11.9 Å². The molecule has 1 aliphatic heterocycles. The molecular weight excluding hydrogens is 310 g/mol. The minimum Gasteiger partial charge on any atom is -0.493 e. The Bertz CT molecular complexity index is 908. The highest BCUT2D eigenvalue weighted by atomic mass is 16.6. The highest BCUT2D eigenvalue weighted by molar-refractivity contribution is 5.48. The molecule has 1 unspecified atom stereocenters. The maximum Gasteiger partial charge on any atom is 0.368 e. The van der Waals surface area contributed by atoms with E-state index in [2.05, 4.69) is 21.5 Å². The van der Waals surface area contributed by atoms with Gasteiger partial charge in [-0.2, -0.15) is 0 Å². The van der Waals surface area contributed by atoms with Crippen LogP contribution in [0.1, 0.15) is 17.9 Å². The Morgan fingerprint density at radius 2 is 2.21 bits per heavy atom. The number of hydrogen-bond acceptors (Lipinski definition) is 6. The first-order valence-electron chi connectivity index (χ1n) is 7.67. The van der Waals surface area contributed by atoms with Crippen molar-refractivity contribution >= 4 is 17.3 Å². The molecule has 0 fully saturated rings. The third-order valence-corrected chi connectivity index (χ3v) is 4.14. The van der Waals surface area contributed by atoms with Crippen molar-refractivity contribution in [2.75, 3.05) is 18.5 Å². The van der Waals surface area contributed by atoms with Gasteiger partial charge in [-0.25, -0.2) is 4.98 Å². The minimum absolute atomic E-state index is 0.148. The smallest absolute Gasteiger partial charge is 0.368 e. The fraction of sp³-hybridized carbons (Fsp3) is 0.250. The molecule has 0 bridgehead atoms. The summed E-state index contributed by atoms with van der Waals surface area (Å²) >= 11 is 0. The Morgan fingerprint density at radius 1 is 1.33 bits per heavy atom. The van der Waals surface area contributed by atoms with Crippen LogP contribution in [-0.4, -0.2) is 32.7 Å². The Morgan fingerprint density at radius 3 is 3.08 bits per heavy atom. The summed E-state index contributed by atoms with van der Waals surface area (Å²) in [6.45, 7) is 1.37. The largest absolute Gasteiger partial charge is 0.493 e. The van der Waals surface area contributed by atoms with Crippen LogP contribution in [0.4, 0.5) is 11.6 Å². The maximum absolute atomic E-state index is 11.0. The van der Waals surface area contributed by atoms with Gasteiger partial charge < -0.3 is 20.2 Å². The Balaban J connectivity index is 1.55. The van der Waals surface area contributed by atoms with E-state index in [1.54, 1.807) is 12.1 Å². The lowest BCUT2D eigenvalue weighted by molar-refractivity contribution is -0.391. The number of ether oxygens (including phenoxy) is 1. The van der Waals surface area contributed by atoms with E-state index in [0.717, 1.165) is 12.2 Å². The molecule has 1 atom stereocenters. The van der Waals surface area contributed by atoms with Crippen LogP contribution >= 0.6 is 0 Å². The molecular formula is C16H15N5O3. The molecule has 0 amide bonds. The van der Waals surface area contributed by atoms with Crippen LogP contribution in [0.25, 0.3) is 5.65 Å². The van der Waals surface area contributed by atoms with Crippen molar-refractivity contribution in [3.63, 3.8) is 0 Å². The van der Waals surface area contributed by atoms with E-state index >= 15 is 0 Å². The topological polar surface area (TPSA) is 94.6 Å². The van der Waals surface area contributed by atoms with Gasteiger partial charge in [0.15, 0.2) is 5.82 Å². The number of hydrogen-bond donors (Lipinski definition) is 1. The maximum atomic E-state index is 11.0. The Kier molecular flexibility index (Phi) is 3.49. The summed E-state index contributed by atoms with van der Waals surface area (Å²) in [5.41, 5.74) is 1.62. The molecule has 0 spiro atoms. The van der Waals surface area contributed by atoms with E-state index in [9.17, 15) is 10.1 Å². The van der Waals surface area contributed by atoms with Gasteiger partial charge in [-0.15, -0.1) is 0 Å². The van der Waals surface area contributed by atoms with Gasteiger partial charge in [-0.05, 0) is 29.0 Å². The van der Waals surface area contributed by atoms with E-state index in [4.69, 9.17) is 4.74 Å². The lowest BCUT2D eigenvalue weighted by Crippen LogP contribution is -2.21. The standard InChI is InChI=1S/C16H15N5O3/c22-21(23)16-10-18-15-6-5-14(19-20(15)16)17-9-11-7-8-24-13-4-2-1-3-12(11)13/h1-6,10-11H,7-9H2,(H,17,19). The van der Waals surface area contributed by atoms with Crippen molar-refractivity contribution in [1.29, 1.82) is 0 Å². The predicted molar refractivity (Wildman–Crippen MR) is 87.4 cm³/mol. The normalized spacial score (nSPS) is 16.4. The zero-order valence-electron chi connectivity index (χ0n) is 12.8. The number of fused-ring (bicyclic) bond motifs is 2. The summed E-state index contributed by atoms with van der Waals surface area (Å²) in [6, 6.07) is 11.5. The molecule has 0 saturated heterocycles. The Hall–Kier alpha value is -3.16. The fourth-order valence-electron chi connectivity index (χ4n) is 2.94. The van der Waals surface area contributed by atoms with Crippen LogP contribution in [0.2, 0.25) is 0 Å². The first-order chi connectivity index (χ1) is 11.7. The van der Waals surface area contributed by atoms with E-state index in [1.807, 2.05) is 18.2 Å². The van der Waals surface area contributed by atoms with Gasteiger partial charge in [0.05, 0.1) is 6.61 Å². The zero-order valence-corrected chi connectivity index (χ0v) is 12.8. The monoisotopic (exact) mass is 325 g/mol. The Labute approximate surface area is 137 Å². The zero-order chi connectivity index (χ0) is 16.5. The molecule has 4 rings (SSSR count). The first kappa shape index (κ1) is 14.4. The van der Waals surface area contributed by atoms with E-state index < -0.39 is 4.92 Å². The van der Waals surface area contributed by atoms with Crippen molar-refractivity contribution in [2.45, 2.75) is 12.3 Å². The van der Waals surface area contributed by atoms with E-state index in [-0.39, 0.29) is 5.82 Å². The molecule has 24 heavy (non-hydrogen) atoms. The van der Waals surface area contributed by atoms with E-state index in [0.29, 0.717) is 30.5 Å². The number of aromatic nitrogens is 3. The SMILES string of the molecule is O=[N+]([O-])c1cnc2ccc(NCC3CCOc4ccccc43)nn12. The predicted octanol–water partition coefficient (Wildman–Crippen LogP) is 2.62. The number of nitrogens with zero attached hydrogens (tertiary/aromatic N) is 4. The van der Waals surface area contributed by atoms with Gasteiger partial charge in [0.25, 0.3) is 0 Å². The van der Waals surface area contributed by atoms with Crippen LogP contribution in [0, 0.1) is 10.1 Å². The van der Waals surface area contributed by atoms with Crippen molar-refractivity contribution in [3.8, 4) is 5.75 Å². The molecule has 0 saturated carbocycles. The number of para-hydroxylation sites is 1. The highest BCUT2D eigenvalue weighted by Crippen LogP contribution is 2.33. The molecule has 122 valence electrons. The molecule has 3 heterocycles. The second-order valence-corrected chi connectivity index (χ2v) is 5.61. The van der Waals surface area contributed by atoms with Gasteiger partial charge >= 0.3 is 5.82 Å². The van der Waals surface area contributed by atoms with Crippen LogP contribution in [-0.2, 0) is 0 Å². The summed E-state index contributed by atoms with van der Waals surface area (Å²) in [5.74, 6) is 1.66. The van der Waals surface area contributed by atoms with Gasteiger partial charge in [0.2, 0.25) is 5.65 Å². The molecule has 0 aliphatic carbocycles. The second kappa shape index (κ2) is 5.80.